The number of piperazine rings is 1. The van der Waals surface area contributed by atoms with Gasteiger partial charge in [-0.25, -0.2) is 0 Å². The van der Waals surface area contributed by atoms with E-state index < -0.39 is 0 Å². The first-order valence-corrected chi connectivity index (χ1v) is 8.93. The van der Waals surface area contributed by atoms with E-state index in [1.54, 1.807) is 0 Å². The van der Waals surface area contributed by atoms with Gasteiger partial charge >= 0.3 is 0 Å². The molecule has 2 heteroatoms. The molecule has 2 aromatic carbocycles. The van der Waals surface area contributed by atoms with Crippen molar-refractivity contribution in [3.8, 4) is 0 Å². The lowest BCUT2D eigenvalue weighted by atomic mass is 9.89. The molecule has 0 spiro atoms. The van der Waals surface area contributed by atoms with E-state index in [2.05, 4.69) is 96.5 Å². The Hall–Kier alpha value is -1.90. The minimum absolute atomic E-state index is 0.0545. The van der Waals surface area contributed by atoms with Gasteiger partial charge < -0.3 is 0 Å². The van der Waals surface area contributed by atoms with E-state index in [0.717, 1.165) is 19.6 Å². The molecule has 1 fully saturated rings. The van der Waals surface area contributed by atoms with Crippen molar-refractivity contribution in [2.75, 3.05) is 13.1 Å². The standard InChI is InChI=1S/C22H26N2/c1-22(2,19-11-7-4-8-12-19)24-20-13-14-21(24)17-23(16-20)15-18-9-5-3-6-10-18/h3-14,20-21H,15-17H2,1-2H3/t20-,21+. The molecule has 24 heavy (non-hydrogen) atoms. The number of fused-ring (bicyclic) bond motifs is 2. The molecule has 0 amide bonds. The molecular weight excluding hydrogens is 292 g/mol. The predicted molar refractivity (Wildman–Crippen MR) is 99.7 cm³/mol. The summed E-state index contributed by atoms with van der Waals surface area (Å²) in [7, 11) is 0. The van der Waals surface area contributed by atoms with Gasteiger partial charge in [-0.1, -0.05) is 72.8 Å². The van der Waals surface area contributed by atoms with Gasteiger partial charge in [0.2, 0.25) is 0 Å². The quantitative estimate of drug-likeness (QED) is 0.785. The maximum absolute atomic E-state index is 2.70. The van der Waals surface area contributed by atoms with Crippen LogP contribution in [0.1, 0.15) is 25.0 Å². The molecule has 124 valence electrons. The normalized spacial score (nSPS) is 24.4. The van der Waals surface area contributed by atoms with E-state index in [-0.39, 0.29) is 5.54 Å². The van der Waals surface area contributed by atoms with E-state index in [1.165, 1.54) is 11.1 Å². The van der Waals surface area contributed by atoms with Crippen LogP contribution in [-0.2, 0) is 12.1 Å². The minimum atomic E-state index is 0.0545. The Morgan fingerprint density at radius 2 is 1.38 bits per heavy atom. The molecule has 0 saturated carbocycles. The Labute approximate surface area is 145 Å². The summed E-state index contributed by atoms with van der Waals surface area (Å²) in [5.74, 6) is 0. The summed E-state index contributed by atoms with van der Waals surface area (Å²) in [4.78, 5) is 5.30. The van der Waals surface area contributed by atoms with Gasteiger partial charge in [-0.15, -0.1) is 0 Å². The maximum Gasteiger partial charge on any atom is 0.0421 e. The molecule has 1 saturated heterocycles. The number of benzene rings is 2. The van der Waals surface area contributed by atoms with Crippen LogP contribution in [0.25, 0.3) is 0 Å². The van der Waals surface area contributed by atoms with Gasteiger partial charge in [0.25, 0.3) is 0 Å². The zero-order valence-corrected chi connectivity index (χ0v) is 14.6. The smallest absolute Gasteiger partial charge is 0.0421 e. The molecule has 4 rings (SSSR count). The van der Waals surface area contributed by atoms with Gasteiger partial charge in [0.1, 0.15) is 0 Å². The summed E-state index contributed by atoms with van der Waals surface area (Å²) >= 11 is 0. The lowest BCUT2D eigenvalue weighted by Gasteiger charge is -2.49. The summed E-state index contributed by atoms with van der Waals surface area (Å²) in [5, 5.41) is 0. The Bertz CT molecular complexity index is 689. The van der Waals surface area contributed by atoms with Gasteiger partial charge in [0, 0.05) is 37.3 Å². The van der Waals surface area contributed by atoms with Crippen molar-refractivity contribution in [1.82, 2.24) is 9.80 Å². The summed E-state index contributed by atoms with van der Waals surface area (Å²) < 4.78 is 0. The van der Waals surface area contributed by atoms with Crippen molar-refractivity contribution in [3.05, 3.63) is 83.9 Å². The zero-order valence-electron chi connectivity index (χ0n) is 14.6. The van der Waals surface area contributed by atoms with Crippen LogP contribution in [0.4, 0.5) is 0 Å². The van der Waals surface area contributed by atoms with Gasteiger partial charge in [0.05, 0.1) is 0 Å². The summed E-state index contributed by atoms with van der Waals surface area (Å²) in [6, 6.07) is 22.8. The third-order valence-electron chi connectivity index (χ3n) is 5.54. The first-order valence-electron chi connectivity index (χ1n) is 8.93. The van der Waals surface area contributed by atoms with E-state index >= 15 is 0 Å². The lowest BCUT2D eigenvalue weighted by Crippen LogP contribution is -2.59. The molecule has 2 atom stereocenters. The van der Waals surface area contributed by atoms with Crippen molar-refractivity contribution in [1.29, 1.82) is 0 Å². The maximum atomic E-state index is 2.70. The van der Waals surface area contributed by atoms with Crippen molar-refractivity contribution in [2.24, 2.45) is 0 Å². The second-order valence-corrected chi connectivity index (χ2v) is 7.53. The fraction of sp³-hybridized carbons (Fsp3) is 0.364. The Morgan fingerprint density at radius 1 is 0.833 bits per heavy atom. The van der Waals surface area contributed by atoms with Gasteiger partial charge in [-0.3, -0.25) is 9.80 Å². The highest BCUT2D eigenvalue weighted by atomic mass is 15.3. The van der Waals surface area contributed by atoms with Crippen LogP contribution in [0, 0.1) is 0 Å². The summed E-state index contributed by atoms with van der Waals surface area (Å²) in [5.41, 5.74) is 2.87. The minimum Gasteiger partial charge on any atom is -0.295 e. The van der Waals surface area contributed by atoms with Crippen molar-refractivity contribution in [3.63, 3.8) is 0 Å². The molecular formula is C22H26N2. The first kappa shape index (κ1) is 15.6. The molecule has 0 unspecified atom stereocenters. The molecule has 2 heterocycles. The Kier molecular flexibility index (Phi) is 4.03. The summed E-state index contributed by atoms with van der Waals surface area (Å²) in [6.45, 7) is 8.00. The predicted octanol–water partition coefficient (Wildman–Crippen LogP) is 4.05. The monoisotopic (exact) mass is 318 g/mol. The fourth-order valence-electron chi connectivity index (χ4n) is 4.38. The van der Waals surface area contributed by atoms with Gasteiger partial charge in [0.15, 0.2) is 0 Å². The molecule has 2 aliphatic heterocycles. The zero-order chi connectivity index (χ0) is 16.6. The van der Waals surface area contributed by atoms with E-state index in [1.807, 2.05) is 0 Å². The second-order valence-electron chi connectivity index (χ2n) is 7.53. The van der Waals surface area contributed by atoms with Crippen LogP contribution in [-0.4, -0.2) is 35.0 Å². The largest absolute Gasteiger partial charge is 0.295 e. The third-order valence-corrected chi connectivity index (χ3v) is 5.54. The van der Waals surface area contributed by atoms with Crippen LogP contribution in [0.2, 0.25) is 0 Å². The average Bonchev–Trinajstić information content (AvgIpc) is 2.89. The van der Waals surface area contributed by atoms with Crippen LogP contribution < -0.4 is 0 Å². The van der Waals surface area contributed by atoms with E-state index in [9.17, 15) is 0 Å². The van der Waals surface area contributed by atoms with Crippen LogP contribution in [0.3, 0.4) is 0 Å². The molecule has 0 aliphatic carbocycles. The van der Waals surface area contributed by atoms with Crippen molar-refractivity contribution in [2.45, 2.75) is 38.0 Å². The fourth-order valence-corrected chi connectivity index (χ4v) is 4.38. The molecule has 0 aromatic heterocycles. The highest BCUT2D eigenvalue weighted by Crippen LogP contribution is 2.38. The molecule has 0 N–H and O–H groups in total. The second kappa shape index (κ2) is 6.19. The van der Waals surface area contributed by atoms with Gasteiger partial charge in [-0.05, 0) is 25.0 Å². The number of nitrogens with zero attached hydrogens (tertiary/aromatic N) is 2. The first-order chi connectivity index (χ1) is 11.6. The molecule has 2 aliphatic rings. The number of hydrogen-bond acceptors (Lipinski definition) is 2. The van der Waals surface area contributed by atoms with Gasteiger partial charge in [-0.2, -0.15) is 0 Å². The number of rotatable bonds is 4. The Morgan fingerprint density at radius 3 is 1.96 bits per heavy atom. The highest BCUT2D eigenvalue weighted by Gasteiger charge is 2.44. The summed E-state index contributed by atoms with van der Waals surface area (Å²) in [6.07, 6.45) is 4.83. The SMILES string of the molecule is CC(C)(c1ccccc1)N1[C@@H]2C=C[C@H]1CN(Cc1ccccc1)C2. The van der Waals surface area contributed by atoms with Crippen molar-refractivity contribution >= 4 is 0 Å². The highest BCUT2D eigenvalue weighted by molar-refractivity contribution is 5.28. The Balaban J connectivity index is 1.51. The molecule has 2 aromatic rings. The van der Waals surface area contributed by atoms with Crippen LogP contribution in [0.15, 0.2) is 72.8 Å². The van der Waals surface area contributed by atoms with Crippen LogP contribution >= 0.6 is 0 Å². The van der Waals surface area contributed by atoms with E-state index in [0.29, 0.717) is 12.1 Å². The van der Waals surface area contributed by atoms with Crippen LogP contribution in [0.5, 0.6) is 0 Å². The lowest BCUT2D eigenvalue weighted by molar-refractivity contribution is -0.00125. The topological polar surface area (TPSA) is 6.48 Å². The molecule has 0 radical (unpaired) electrons. The van der Waals surface area contributed by atoms with Crippen molar-refractivity contribution < 1.29 is 0 Å². The average molecular weight is 318 g/mol. The third kappa shape index (κ3) is 2.81. The molecule has 2 nitrogen and oxygen atoms in total. The van der Waals surface area contributed by atoms with E-state index in [4.69, 9.17) is 0 Å². The molecule has 2 bridgehead atoms. The number of hydrogen-bond donors (Lipinski definition) is 0.